The Labute approximate surface area is 425 Å². The molecule has 1 aliphatic carbocycles. The van der Waals surface area contributed by atoms with Crippen molar-refractivity contribution in [3.05, 3.63) is 69.8 Å². The topological polar surface area (TPSA) is 216 Å². The number of aldehydes is 1. The number of likely N-dealkylation sites (tertiary alicyclic amines) is 2. The Morgan fingerprint density at radius 3 is 2.29 bits per heavy atom. The molecule has 2 aliphatic heterocycles. The Morgan fingerprint density at radius 2 is 1.65 bits per heavy atom. The van der Waals surface area contributed by atoms with Crippen LogP contribution < -0.4 is 15.4 Å². The first-order valence-corrected chi connectivity index (χ1v) is 26.0. The maximum absolute atomic E-state index is 14.7. The number of likely N-dealkylation sites (N-methyl/N-ethyl adjacent to an activating group) is 1. The summed E-state index contributed by atoms with van der Waals surface area (Å²) in [4.78, 5) is 97.8. The number of fused-ring (bicyclic) bond motifs is 2. The van der Waals surface area contributed by atoms with Gasteiger partial charge in [-0.2, -0.15) is 0 Å². The summed E-state index contributed by atoms with van der Waals surface area (Å²) in [6, 6.07) is 10.9. The van der Waals surface area contributed by atoms with E-state index in [1.54, 1.807) is 36.9 Å². The average molecular weight is 1010 g/mol. The summed E-state index contributed by atoms with van der Waals surface area (Å²) in [5, 5.41) is 17.4. The summed E-state index contributed by atoms with van der Waals surface area (Å²) in [7, 11) is 6.09. The highest BCUT2D eigenvalue weighted by atomic mass is 16.6. The number of unbranched alkanes of at least 4 members (excludes halogenated alkanes) is 3. The standard InChI is InChI=1S/C54H80N6O12/c1-10-35(4)48(45(69-7)32-46(62)59-27-18-21-43(59)50(70-8)36(5)51(63)55-42(54(66)71-9)29-37-19-14-13-15-20-37)57(6)53(65)47(34(2)3)56-52(64)49-38-22-24-40(30-38)58(49)26-16-11-12-17-28-72-41-25-23-39(33-61)44(31-41)60(67)68/h13-15,19-20,23,25,31,33-36,38,40,42-43,45,47-50H,10-12,16-18,21-22,24,26-30,32H2,1-9H3,(H,55,63)(H,56,64)/t35-,36+,38-,40+,42-,43-,45+,47-,48-,49-,50+/m0/s1. The molecule has 0 radical (unpaired) electrons. The fourth-order valence-electron chi connectivity index (χ4n) is 11.3. The number of amides is 4. The van der Waals surface area contributed by atoms with Crippen molar-refractivity contribution < 1.29 is 52.6 Å². The lowest BCUT2D eigenvalue weighted by Gasteiger charge is -2.41. The van der Waals surface area contributed by atoms with Gasteiger partial charge in [0.1, 0.15) is 17.8 Å². The van der Waals surface area contributed by atoms with E-state index in [2.05, 4.69) is 15.5 Å². The number of rotatable bonds is 29. The van der Waals surface area contributed by atoms with Crippen LogP contribution in [0.1, 0.15) is 121 Å². The van der Waals surface area contributed by atoms with Gasteiger partial charge in [-0.25, -0.2) is 4.79 Å². The number of ether oxygens (including phenoxy) is 4. The van der Waals surface area contributed by atoms with Crippen molar-refractivity contribution in [2.24, 2.45) is 23.7 Å². The fourth-order valence-corrected chi connectivity index (χ4v) is 11.3. The van der Waals surface area contributed by atoms with Crippen molar-refractivity contribution >= 4 is 41.6 Å². The molecule has 4 amide bonds. The lowest BCUT2D eigenvalue weighted by Crippen LogP contribution is -2.60. The number of benzene rings is 2. The molecular weight excluding hydrogens is 925 g/mol. The van der Waals surface area contributed by atoms with E-state index < -0.39 is 59.1 Å². The molecule has 18 heteroatoms. The number of methoxy groups -OCH3 is 3. The van der Waals surface area contributed by atoms with Crippen molar-refractivity contribution in [3.63, 3.8) is 0 Å². The predicted octanol–water partition coefficient (Wildman–Crippen LogP) is 6.16. The molecule has 11 atom stereocenters. The summed E-state index contributed by atoms with van der Waals surface area (Å²) >= 11 is 0. The molecule has 72 heavy (non-hydrogen) atoms. The van der Waals surface area contributed by atoms with Crippen molar-refractivity contribution in [2.75, 3.05) is 48.1 Å². The van der Waals surface area contributed by atoms with Gasteiger partial charge in [-0.15, -0.1) is 0 Å². The molecule has 5 rings (SSSR count). The van der Waals surface area contributed by atoms with Gasteiger partial charge in [0.15, 0.2) is 6.29 Å². The molecule has 2 heterocycles. The zero-order valence-corrected chi connectivity index (χ0v) is 43.9. The number of nitrogens with zero attached hydrogens (tertiary/aromatic N) is 4. The summed E-state index contributed by atoms with van der Waals surface area (Å²) in [5.74, 6) is -2.02. The molecule has 2 saturated heterocycles. The SMILES string of the molecule is CC[C@H](C)[C@@H]([C@@H](CC(=O)N1CCC[C@H]1[C@H](OC)[C@@H](C)C(=O)N[C@@H](Cc1ccccc1)C(=O)OC)OC)N(C)C(=O)[C@@H](NC(=O)[C@@H]1[C@H]2CC[C@H](C2)N1CCCCCCOc1ccc(C=O)c([N+](=O)[O-])c1)C(C)C. The summed E-state index contributed by atoms with van der Waals surface area (Å²) in [6.07, 6.45) is 7.67. The van der Waals surface area contributed by atoms with Gasteiger partial charge >= 0.3 is 5.97 Å². The molecule has 3 fully saturated rings. The van der Waals surface area contributed by atoms with Gasteiger partial charge in [-0.3, -0.25) is 39.0 Å². The first-order chi connectivity index (χ1) is 34.5. The van der Waals surface area contributed by atoms with E-state index in [0.29, 0.717) is 50.5 Å². The summed E-state index contributed by atoms with van der Waals surface area (Å²) in [5.41, 5.74) is 0.578. The van der Waals surface area contributed by atoms with Gasteiger partial charge < -0.3 is 39.4 Å². The van der Waals surface area contributed by atoms with E-state index >= 15 is 0 Å². The van der Waals surface area contributed by atoms with Gasteiger partial charge in [0, 0.05) is 40.3 Å². The minimum Gasteiger partial charge on any atom is -0.493 e. The molecule has 0 spiro atoms. The molecule has 2 aromatic carbocycles. The minimum atomic E-state index is -0.913. The molecule has 0 unspecified atom stereocenters. The van der Waals surface area contributed by atoms with E-state index in [9.17, 15) is 38.9 Å². The van der Waals surface area contributed by atoms with Crippen LogP contribution >= 0.6 is 0 Å². The monoisotopic (exact) mass is 1000 g/mol. The predicted molar refractivity (Wildman–Crippen MR) is 271 cm³/mol. The fraction of sp³-hybridized carbons (Fsp3) is 0.667. The van der Waals surface area contributed by atoms with E-state index in [0.717, 1.165) is 57.1 Å². The van der Waals surface area contributed by atoms with E-state index in [1.807, 2.05) is 58.0 Å². The lowest BCUT2D eigenvalue weighted by molar-refractivity contribution is -0.385. The maximum atomic E-state index is 14.7. The van der Waals surface area contributed by atoms with Crippen LogP contribution in [-0.2, 0) is 44.6 Å². The highest BCUT2D eigenvalue weighted by molar-refractivity contribution is 5.91. The first-order valence-electron chi connectivity index (χ1n) is 26.0. The third-order valence-electron chi connectivity index (χ3n) is 15.5. The second kappa shape index (κ2) is 27.6. The maximum Gasteiger partial charge on any atom is 0.328 e. The molecule has 2 aromatic rings. The number of esters is 1. The number of nitro groups is 1. The lowest BCUT2D eigenvalue weighted by atomic mass is 9.89. The number of nitrogens with one attached hydrogen (secondary N) is 2. The van der Waals surface area contributed by atoms with Crippen LogP contribution in [0.5, 0.6) is 5.75 Å². The molecule has 18 nitrogen and oxygen atoms in total. The molecular formula is C54H80N6O12. The van der Waals surface area contributed by atoms with Crippen LogP contribution in [0.2, 0.25) is 0 Å². The number of carbonyl (C=O) groups excluding carboxylic acids is 6. The highest BCUT2D eigenvalue weighted by Gasteiger charge is 2.50. The molecule has 398 valence electrons. The number of piperidine rings is 1. The third kappa shape index (κ3) is 14.4. The molecule has 1 saturated carbocycles. The number of carbonyl (C=O) groups is 6. The van der Waals surface area contributed by atoms with Gasteiger partial charge in [0.2, 0.25) is 23.6 Å². The molecule has 2 bridgehead atoms. The van der Waals surface area contributed by atoms with E-state index in [-0.39, 0.29) is 65.6 Å². The highest BCUT2D eigenvalue weighted by Crippen LogP contribution is 2.43. The zero-order valence-electron chi connectivity index (χ0n) is 43.9. The second-order valence-electron chi connectivity index (χ2n) is 20.4. The third-order valence-corrected chi connectivity index (χ3v) is 15.5. The normalized spacial score (nSPS) is 21.5. The smallest absolute Gasteiger partial charge is 0.328 e. The second-order valence-corrected chi connectivity index (χ2v) is 20.4. The summed E-state index contributed by atoms with van der Waals surface area (Å²) < 4.78 is 22.9. The Morgan fingerprint density at radius 1 is 0.931 bits per heavy atom. The number of hydrogen-bond acceptors (Lipinski definition) is 13. The van der Waals surface area contributed by atoms with E-state index in [4.69, 9.17) is 18.9 Å². The van der Waals surface area contributed by atoms with Crippen molar-refractivity contribution in [1.82, 2.24) is 25.3 Å². The van der Waals surface area contributed by atoms with Crippen LogP contribution in [0.3, 0.4) is 0 Å². The van der Waals surface area contributed by atoms with Gasteiger partial charge in [-0.05, 0) is 86.9 Å². The number of hydrogen-bond donors (Lipinski definition) is 2. The quantitative estimate of drug-likeness (QED) is 0.0307. The molecule has 0 aromatic heterocycles. The van der Waals surface area contributed by atoms with Crippen molar-refractivity contribution in [1.29, 1.82) is 0 Å². The zero-order chi connectivity index (χ0) is 52.6. The Bertz CT molecular complexity index is 2140. The molecule has 2 N–H and O–H groups in total. The minimum absolute atomic E-state index is 0.000909. The van der Waals surface area contributed by atoms with Crippen LogP contribution in [-0.4, -0.2) is 152 Å². The van der Waals surface area contributed by atoms with Crippen LogP contribution in [0.25, 0.3) is 0 Å². The van der Waals surface area contributed by atoms with Crippen molar-refractivity contribution in [2.45, 2.75) is 160 Å². The first kappa shape index (κ1) is 57.4. The Balaban J connectivity index is 1.19. The average Bonchev–Trinajstić information content (AvgIpc) is 4.15. The molecule has 3 aliphatic rings. The van der Waals surface area contributed by atoms with Crippen LogP contribution in [0.4, 0.5) is 5.69 Å². The summed E-state index contributed by atoms with van der Waals surface area (Å²) in [6.45, 7) is 11.2. The van der Waals surface area contributed by atoms with Gasteiger partial charge in [0.25, 0.3) is 5.69 Å². The largest absolute Gasteiger partial charge is 0.493 e. The van der Waals surface area contributed by atoms with Gasteiger partial charge in [-0.1, -0.05) is 84.2 Å². The van der Waals surface area contributed by atoms with E-state index in [1.165, 1.54) is 26.4 Å². The van der Waals surface area contributed by atoms with Crippen LogP contribution in [0, 0.1) is 33.8 Å². The van der Waals surface area contributed by atoms with Crippen molar-refractivity contribution in [3.8, 4) is 5.75 Å². The number of nitro benzene ring substituents is 1. The van der Waals surface area contributed by atoms with Crippen LogP contribution in [0.15, 0.2) is 48.5 Å². The Hall–Kier alpha value is -5.46. The van der Waals surface area contributed by atoms with Gasteiger partial charge in [0.05, 0.1) is 72.9 Å². The Kier molecular flexibility index (Phi) is 22.0.